The molecule has 0 aliphatic carbocycles. The lowest BCUT2D eigenvalue weighted by Gasteiger charge is -2.20. The van der Waals surface area contributed by atoms with Crippen molar-refractivity contribution in [1.29, 1.82) is 0 Å². The molecule has 1 rings (SSSR count). The van der Waals surface area contributed by atoms with Gasteiger partial charge in [0, 0.05) is 6.07 Å². The highest BCUT2D eigenvalue weighted by Crippen LogP contribution is 2.21. The highest BCUT2D eigenvalue weighted by Gasteiger charge is 2.28. The zero-order valence-corrected chi connectivity index (χ0v) is 7.29. The first-order valence-electron chi connectivity index (χ1n) is 3.22. The fourth-order valence-electron chi connectivity index (χ4n) is 0.809. The van der Waals surface area contributed by atoms with Crippen molar-refractivity contribution in [1.82, 2.24) is 0 Å². The van der Waals surface area contributed by atoms with E-state index < -0.39 is 23.2 Å². The van der Waals surface area contributed by atoms with E-state index >= 15 is 0 Å². The molecule has 0 amide bonds. The van der Waals surface area contributed by atoms with Crippen LogP contribution in [0.25, 0.3) is 0 Å². The summed E-state index contributed by atoms with van der Waals surface area (Å²) in [6, 6.07) is 2.26. The first-order chi connectivity index (χ1) is 5.97. The van der Waals surface area contributed by atoms with Crippen LogP contribution in [0.1, 0.15) is 5.56 Å². The maximum absolute atomic E-state index is 12.9. The molecule has 0 bridgehead atoms. The van der Waals surface area contributed by atoms with Crippen molar-refractivity contribution in [2.45, 2.75) is 5.97 Å². The Balaban J connectivity index is 3.16. The summed E-state index contributed by atoms with van der Waals surface area (Å²) in [4.78, 5) is 0. The van der Waals surface area contributed by atoms with Gasteiger partial charge in [0.2, 0.25) is 0 Å². The van der Waals surface area contributed by atoms with E-state index in [-0.39, 0.29) is 0 Å². The van der Waals surface area contributed by atoms with Crippen LogP contribution in [0.4, 0.5) is 8.78 Å². The third kappa shape index (κ3) is 2.10. The minimum Gasteiger partial charge on any atom is -0.367 e. The molecule has 2 N–H and O–H groups in total. The van der Waals surface area contributed by atoms with E-state index in [4.69, 9.17) is 10.2 Å². The second kappa shape index (κ2) is 3.50. The Hall–Kier alpha value is -0.823. The van der Waals surface area contributed by atoms with Gasteiger partial charge >= 0.3 is 0 Å². The van der Waals surface area contributed by atoms with Gasteiger partial charge in [0.25, 0.3) is 16.5 Å². The molecule has 0 aliphatic rings. The van der Waals surface area contributed by atoms with Crippen molar-refractivity contribution in [2.24, 2.45) is 0 Å². The average Bonchev–Trinajstić information content (AvgIpc) is 2.03. The Labute approximate surface area is 76.1 Å². The van der Waals surface area contributed by atoms with Gasteiger partial charge in [-0.05, 0) is 12.1 Å². The number of hydrogen-bond donors (Lipinski definition) is 2. The quantitative estimate of drug-likeness (QED) is 0.531. The van der Waals surface area contributed by atoms with Crippen molar-refractivity contribution in [2.75, 3.05) is 0 Å². The Kier molecular flexibility index (Phi) is 2.76. The average molecular weight is 203 g/mol. The highest BCUT2D eigenvalue weighted by atomic mass is 28.2. The van der Waals surface area contributed by atoms with Crippen molar-refractivity contribution in [3.63, 3.8) is 0 Å². The smallest absolute Gasteiger partial charge is 0.299 e. The van der Waals surface area contributed by atoms with Crippen molar-refractivity contribution in [3.05, 3.63) is 35.4 Å². The van der Waals surface area contributed by atoms with Crippen LogP contribution in [0.2, 0.25) is 0 Å². The molecule has 0 unspecified atom stereocenters. The largest absolute Gasteiger partial charge is 0.367 e. The number of benzene rings is 1. The second-order valence-corrected chi connectivity index (χ2v) is 2.54. The number of rotatable bonds is 2. The van der Waals surface area contributed by atoms with Crippen LogP contribution in [-0.4, -0.2) is 20.7 Å². The van der Waals surface area contributed by atoms with Crippen LogP contribution < -0.4 is 0 Å². The van der Waals surface area contributed by atoms with Crippen LogP contribution in [0.5, 0.6) is 0 Å². The van der Waals surface area contributed by atoms with E-state index in [0.29, 0.717) is 6.07 Å². The minimum absolute atomic E-state index is 0.516. The summed E-state index contributed by atoms with van der Waals surface area (Å²) in [5.41, 5.74) is -0.580. The summed E-state index contributed by atoms with van der Waals surface area (Å²) in [5.74, 6) is -4.73. The first-order valence-corrected chi connectivity index (χ1v) is 3.63. The molecule has 3 radical (unpaired) electrons. The van der Waals surface area contributed by atoms with Gasteiger partial charge in [-0.25, -0.2) is 8.78 Å². The standard InChI is InChI=1S/C7H5F2O3Si/c8-4-1-2-5(6(9)3-4)7(10,11)12-13/h1-3,10-11H. The number of halogens is 2. The molecule has 0 saturated heterocycles. The van der Waals surface area contributed by atoms with Crippen LogP contribution in [0.15, 0.2) is 18.2 Å². The van der Waals surface area contributed by atoms with Crippen molar-refractivity contribution in [3.8, 4) is 0 Å². The fourth-order valence-corrected chi connectivity index (χ4v) is 0.919. The van der Waals surface area contributed by atoms with Crippen LogP contribution in [-0.2, 0) is 10.4 Å². The van der Waals surface area contributed by atoms with Gasteiger partial charge in [0.1, 0.15) is 11.6 Å². The molecule has 0 aliphatic heterocycles. The Morgan fingerprint density at radius 2 is 1.92 bits per heavy atom. The Morgan fingerprint density at radius 3 is 2.38 bits per heavy atom. The predicted octanol–water partition coefficient (Wildman–Crippen LogP) is 0.160. The van der Waals surface area contributed by atoms with Gasteiger partial charge in [-0.15, -0.1) is 0 Å². The molecule has 0 fully saturated rings. The van der Waals surface area contributed by atoms with Crippen molar-refractivity contribution < 1.29 is 23.4 Å². The van der Waals surface area contributed by atoms with Gasteiger partial charge < -0.3 is 14.6 Å². The SMILES string of the molecule is OC(O)(O[Si])c1ccc(F)cc1F. The summed E-state index contributed by atoms with van der Waals surface area (Å²) in [7, 11) is 2.35. The molecule has 1 aromatic carbocycles. The third-order valence-corrected chi connectivity index (χ3v) is 1.71. The van der Waals surface area contributed by atoms with E-state index in [9.17, 15) is 8.78 Å². The van der Waals surface area contributed by atoms with Crippen LogP contribution in [0, 0.1) is 11.6 Å². The summed E-state index contributed by atoms with van der Waals surface area (Å²) in [6.07, 6.45) is 0. The monoisotopic (exact) mass is 203 g/mol. The molecule has 6 heteroatoms. The molecular formula is C7H5F2O3Si. The Morgan fingerprint density at radius 1 is 1.31 bits per heavy atom. The lowest BCUT2D eigenvalue weighted by atomic mass is 10.2. The maximum atomic E-state index is 12.9. The summed E-state index contributed by atoms with van der Waals surface area (Å²) >= 11 is 0. The molecule has 1 aromatic rings. The van der Waals surface area contributed by atoms with E-state index in [2.05, 4.69) is 14.9 Å². The summed E-state index contributed by atoms with van der Waals surface area (Å²) < 4.78 is 29.3. The van der Waals surface area contributed by atoms with Gasteiger partial charge in [-0.2, -0.15) is 0 Å². The third-order valence-electron chi connectivity index (χ3n) is 1.42. The molecule has 69 valence electrons. The molecule has 0 spiro atoms. The van der Waals surface area contributed by atoms with E-state index in [1.807, 2.05) is 0 Å². The summed E-state index contributed by atoms with van der Waals surface area (Å²) in [5, 5.41) is 18.0. The molecule has 0 heterocycles. The van der Waals surface area contributed by atoms with Crippen LogP contribution in [0.3, 0.4) is 0 Å². The molecule has 0 saturated carbocycles. The normalized spacial score (nSPS) is 11.8. The molecule has 0 atom stereocenters. The highest BCUT2D eigenvalue weighted by molar-refractivity contribution is 5.98. The second-order valence-electron chi connectivity index (χ2n) is 2.33. The molecule has 3 nitrogen and oxygen atoms in total. The fraction of sp³-hybridized carbons (Fsp3) is 0.143. The molecule has 0 aromatic heterocycles. The first kappa shape index (κ1) is 10.3. The van der Waals surface area contributed by atoms with Gasteiger partial charge in [-0.3, -0.25) is 0 Å². The predicted molar refractivity (Wildman–Crippen MR) is 39.3 cm³/mol. The maximum Gasteiger partial charge on any atom is 0.299 e. The summed E-state index contributed by atoms with van der Waals surface area (Å²) in [6.45, 7) is 0. The lowest BCUT2D eigenvalue weighted by Crippen LogP contribution is -2.29. The van der Waals surface area contributed by atoms with E-state index in [0.717, 1.165) is 12.1 Å². The number of hydrogen-bond acceptors (Lipinski definition) is 3. The van der Waals surface area contributed by atoms with Gasteiger partial charge in [0.05, 0.1) is 5.56 Å². The number of aliphatic hydroxyl groups is 2. The molecular weight excluding hydrogens is 198 g/mol. The zero-order chi connectivity index (χ0) is 10.1. The minimum atomic E-state index is -2.81. The zero-order valence-electron chi connectivity index (χ0n) is 6.29. The topological polar surface area (TPSA) is 49.7 Å². The van der Waals surface area contributed by atoms with E-state index in [1.165, 1.54) is 0 Å². The Bertz CT molecular complexity index is 317. The molecule has 13 heavy (non-hydrogen) atoms. The van der Waals surface area contributed by atoms with Crippen LogP contribution >= 0.6 is 0 Å². The van der Waals surface area contributed by atoms with Gasteiger partial charge in [-0.1, -0.05) is 0 Å². The van der Waals surface area contributed by atoms with E-state index in [1.54, 1.807) is 0 Å². The lowest BCUT2D eigenvalue weighted by molar-refractivity contribution is -0.305. The van der Waals surface area contributed by atoms with Gasteiger partial charge in [0.15, 0.2) is 0 Å². The van der Waals surface area contributed by atoms with Crippen molar-refractivity contribution >= 4 is 10.5 Å².